The minimum Gasteiger partial charge on any atom is -0.491 e. The summed E-state index contributed by atoms with van der Waals surface area (Å²) in [5, 5.41) is 3.11. The summed E-state index contributed by atoms with van der Waals surface area (Å²) in [6, 6.07) is 8.01. The summed E-state index contributed by atoms with van der Waals surface area (Å²) in [6.07, 6.45) is 0. The second-order valence-electron chi connectivity index (χ2n) is 3.59. The third kappa shape index (κ3) is 5.68. The van der Waals surface area contributed by atoms with Crippen LogP contribution < -0.4 is 10.1 Å². The molecule has 1 aromatic carbocycles. The van der Waals surface area contributed by atoms with Gasteiger partial charge in [-0.1, -0.05) is 18.2 Å². The van der Waals surface area contributed by atoms with Gasteiger partial charge in [-0.15, -0.1) is 0 Å². The van der Waals surface area contributed by atoms with Gasteiger partial charge < -0.3 is 19.5 Å². The molecule has 0 saturated heterocycles. The van der Waals surface area contributed by atoms with E-state index in [0.29, 0.717) is 26.4 Å². The Labute approximate surface area is 103 Å². The van der Waals surface area contributed by atoms with Crippen molar-refractivity contribution in [1.29, 1.82) is 0 Å². The lowest BCUT2D eigenvalue weighted by molar-refractivity contribution is 0.0542. The fourth-order valence-corrected chi connectivity index (χ4v) is 1.44. The van der Waals surface area contributed by atoms with Gasteiger partial charge in [0.1, 0.15) is 12.4 Å². The Bertz CT molecular complexity index is 304. The third-order valence-electron chi connectivity index (χ3n) is 2.26. The number of hydrogen-bond donors (Lipinski definition) is 1. The first-order chi connectivity index (χ1) is 8.38. The highest BCUT2D eigenvalue weighted by Gasteiger charge is 2.01. The lowest BCUT2D eigenvalue weighted by atomic mass is 10.2. The number of nitrogens with one attached hydrogen (secondary N) is 1. The summed E-state index contributed by atoms with van der Waals surface area (Å²) in [5.74, 6) is 0.914. The topological polar surface area (TPSA) is 39.7 Å². The second kappa shape index (κ2) is 8.98. The molecule has 4 heteroatoms. The number of hydrogen-bond acceptors (Lipinski definition) is 4. The van der Waals surface area contributed by atoms with Gasteiger partial charge in [0.2, 0.25) is 0 Å². The first-order valence-electron chi connectivity index (χ1n) is 5.80. The molecule has 1 aromatic rings. The lowest BCUT2D eigenvalue weighted by Gasteiger charge is -2.11. The van der Waals surface area contributed by atoms with E-state index in [4.69, 9.17) is 14.2 Å². The van der Waals surface area contributed by atoms with Crippen LogP contribution in [-0.2, 0) is 16.0 Å². The van der Waals surface area contributed by atoms with Crippen molar-refractivity contribution in [2.24, 2.45) is 0 Å². The Morgan fingerprint density at radius 2 is 1.82 bits per heavy atom. The van der Waals surface area contributed by atoms with Gasteiger partial charge in [-0.2, -0.15) is 0 Å². The van der Waals surface area contributed by atoms with Gasteiger partial charge in [-0.3, -0.25) is 0 Å². The molecule has 0 heterocycles. The quantitative estimate of drug-likeness (QED) is 0.662. The fraction of sp³-hybridized carbons (Fsp3) is 0.538. The summed E-state index contributed by atoms with van der Waals surface area (Å²) in [7, 11) is 3.58. The molecule has 17 heavy (non-hydrogen) atoms. The average molecular weight is 239 g/mol. The van der Waals surface area contributed by atoms with Gasteiger partial charge in [0.05, 0.1) is 19.8 Å². The van der Waals surface area contributed by atoms with Crippen LogP contribution >= 0.6 is 0 Å². The third-order valence-corrected chi connectivity index (χ3v) is 2.26. The number of rotatable bonds is 9. The first-order valence-corrected chi connectivity index (χ1v) is 5.80. The van der Waals surface area contributed by atoms with E-state index in [1.54, 1.807) is 7.11 Å². The molecule has 0 bridgehead atoms. The molecule has 0 spiro atoms. The zero-order valence-electron chi connectivity index (χ0n) is 10.6. The number of ether oxygens (including phenoxy) is 3. The Morgan fingerprint density at radius 3 is 2.59 bits per heavy atom. The van der Waals surface area contributed by atoms with Crippen LogP contribution in [0.1, 0.15) is 5.56 Å². The zero-order chi connectivity index (χ0) is 12.3. The lowest BCUT2D eigenvalue weighted by Crippen LogP contribution is -2.12. The molecule has 0 atom stereocenters. The van der Waals surface area contributed by atoms with Gasteiger partial charge in [0.25, 0.3) is 0 Å². The predicted octanol–water partition coefficient (Wildman–Crippen LogP) is 1.45. The molecule has 0 radical (unpaired) electrons. The standard InChI is InChI=1S/C13H21NO3/c1-14-11-12-5-3-4-6-13(12)17-10-9-16-8-7-15-2/h3-6,14H,7-11H2,1-2H3. The molecule has 0 unspecified atom stereocenters. The maximum atomic E-state index is 5.66. The van der Waals surface area contributed by atoms with Crippen LogP contribution in [0.15, 0.2) is 24.3 Å². The highest BCUT2D eigenvalue weighted by molar-refractivity contribution is 5.33. The van der Waals surface area contributed by atoms with Crippen molar-refractivity contribution in [3.05, 3.63) is 29.8 Å². The molecule has 0 aliphatic carbocycles. The Morgan fingerprint density at radius 1 is 1.06 bits per heavy atom. The van der Waals surface area contributed by atoms with E-state index >= 15 is 0 Å². The number of benzene rings is 1. The minimum atomic E-state index is 0.560. The van der Waals surface area contributed by atoms with E-state index in [1.165, 1.54) is 0 Å². The molecule has 1 rings (SSSR count). The largest absolute Gasteiger partial charge is 0.491 e. The van der Waals surface area contributed by atoms with Crippen molar-refractivity contribution in [2.75, 3.05) is 40.6 Å². The summed E-state index contributed by atoms with van der Waals surface area (Å²) < 4.78 is 15.9. The summed E-state index contributed by atoms with van der Waals surface area (Å²) in [5.41, 5.74) is 1.16. The highest BCUT2D eigenvalue weighted by Crippen LogP contribution is 2.17. The van der Waals surface area contributed by atoms with Crippen LogP contribution in [0.4, 0.5) is 0 Å². The van der Waals surface area contributed by atoms with Gasteiger partial charge >= 0.3 is 0 Å². The molecular weight excluding hydrogens is 218 g/mol. The fourth-order valence-electron chi connectivity index (χ4n) is 1.44. The zero-order valence-corrected chi connectivity index (χ0v) is 10.6. The normalized spacial score (nSPS) is 10.5. The van der Waals surface area contributed by atoms with Crippen molar-refractivity contribution < 1.29 is 14.2 Å². The molecule has 0 aliphatic heterocycles. The van der Waals surface area contributed by atoms with Crippen molar-refractivity contribution in [2.45, 2.75) is 6.54 Å². The van der Waals surface area contributed by atoms with E-state index in [0.717, 1.165) is 17.9 Å². The van der Waals surface area contributed by atoms with Crippen LogP contribution in [-0.4, -0.2) is 40.6 Å². The van der Waals surface area contributed by atoms with E-state index in [1.807, 2.05) is 25.2 Å². The Balaban J connectivity index is 2.25. The average Bonchev–Trinajstić information content (AvgIpc) is 2.36. The van der Waals surface area contributed by atoms with Gasteiger partial charge in [-0.25, -0.2) is 0 Å². The van der Waals surface area contributed by atoms with Crippen molar-refractivity contribution >= 4 is 0 Å². The Hall–Kier alpha value is -1.10. The number of methoxy groups -OCH3 is 1. The maximum absolute atomic E-state index is 5.66. The maximum Gasteiger partial charge on any atom is 0.123 e. The van der Waals surface area contributed by atoms with Crippen LogP contribution in [0, 0.1) is 0 Å². The SMILES string of the molecule is CNCc1ccccc1OCCOCCOC. The smallest absolute Gasteiger partial charge is 0.123 e. The molecule has 0 saturated carbocycles. The summed E-state index contributed by atoms with van der Waals surface area (Å²) in [4.78, 5) is 0. The molecule has 0 aliphatic rings. The van der Waals surface area contributed by atoms with Crippen LogP contribution in [0.25, 0.3) is 0 Å². The van der Waals surface area contributed by atoms with Gasteiger partial charge in [0.15, 0.2) is 0 Å². The molecule has 0 amide bonds. The van der Waals surface area contributed by atoms with Crippen LogP contribution in [0.3, 0.4) is 0 Å². The minimum absolute atomic E-state index is 0.560. The van der Waals surface area contributed by atoms with Crippen molar-refractivity contribution in [3.63, 3.8) is 0 Å². The Kier molecular flexibility index (Phi) is 7.38. The summed E-state index contributed by atoms with van der Waals surface area (Å²) in [6.45, 7) is 3.18. The first kappa shape index (κ1) is 14.0. The molecule has 0 fully saturated rings. The van der Waals surface area contributed by atoms with Crippen LogP contribution in [0.5, 0.6) is 5.75 Å². The summed E-state index contributed by atoms with van der Waals surface area (Å²) >= 11 is 0. The molecule has 4 nitrogen and oxygen atoms in total. The van der Waals surface area contributed by atoms with Crippen molar-refractivity contribution in [1.82, 2.24) is 5.32 Å². The van der Waals surface area contributed by atoms with E-state index in [9.17, 15) is 0 Å². The monoisotopic (exact) mass is 239 g/mol. The van der Waals surface area contributed by atoms with E-state index < -0.39 is 0 Å². The highest BCUT2D eigenvalue weighted by atomic mass is 16.5. The molecule has 96 valence electrons. The molecule has 0 aromatic heterocycles. The van der Waals surface area contributed by atoms with Gasteiger partial charge in [0, 0.05) is 19.2 Å². The van der Waals surface area contributed by atoms with Crippen LogP contribution in [0.2, 0.25) is 0 Å². The molecular formula is C13H21NO3. The second-order valence-corrected chi connectivity index (χ2v) is 3.59. The van der Waals surface area contributed by atoms with Gasteiger partial charge in [-0.05, 0) is 13.1 Å². The van der Waals surface area contributed by atoms with E-state index in [-0.39, 0.29) is 0 Å². The van der Waals surface area contributed by atoms with Crippen molar-refractivity contribution in [3.8, 4) is 5.75 Å². The molecule has 1 N–H and O–H groups in total. The number of para-hydroxylation sites is 1. The predicted molar refractivity (Wildman–Crippen MR) is 67.4 cm³/mol. The van der Waals surface area contributed by atoms with E-state index in [2.05, 4.69) is 11.4 Å².